The van der Waals surface area contributed by atoms with Crippen LogP contribution in [0, 0.1) is 0 Å². The molecule has 0 aliphatic rings. The number of hydrogen-bond acceptors (Lipinski definition) is 4. The molecular formula is C15H20N2O3S. The van der Waals surface area contributed by atoms with Crippen LogP contribution in [-0.4, -0.2) is 21.5 Å². The number of benzene rings is 1. The predicted octanol–water partition coefficient (Wildman–Crippen LogP) is 1.91. The van der Waals surface area contributed by atoms with E-state index in [0.29, 0.717) is 13.0 Å². The molecule has 5 nitrogen and oxygen atoms in total. The lowest BCUT2D eigenvalue weighted by Crippen LogP contribution is -2.34. The van der Waals surface area contributed by atoms with Crippen molar-refractivity contribution in [3.63, 3.8) is 0 Å². The van der Waals surface area contributed by atoms with Crippen LogP contribution < -0.4 is 10.0 Å². The second kappa shape index (κ2) is 6.89. The maximum absolute atomic E-state index is 12.4. The third-order valence-corrected chi connectivity index (χ3v) is 4.62. The van der Waals surface area contributed by atoms with Gasteiger partial charge in [0.15, 0.2) is 0 Å². The van der Waals surface area contributed by atoms with E-state index in [1.165, 1.54) is 0 Å². The summed E-state index contributed by atoms with van der Waals surface area (Å²) >= 11 is 0. The summed E-state index contributed by atoms with van der Waals surface area (Å²) < 4.78 is 32.6. The van der Waals surface area contributed by atoms with Crippen molar-refractivity contribution >= 4 is 10.0 Å². The quantitative estimate of drug-likeness (QED) is 0.819. The summed E-state index contributed by atoms with van der Waals surface area (Å²) in [4.78, 5) is 0.279. The molecule has 0 aliphatic heterocycles. The molecule has 1 heterocycles. The molecule has 114 valence electrons. The van der Waals surface area contributed by atoms with Gasteiger partial charge < -0.3 is 9.73 Å². The van der Waals surface area contributed by atoms with Crippen LogP contribution in [0.3, 0.4) is 0 Å². The third kappa shape index (κ3) is 4.42. The Kier molecular flexibility index (Phi) is 5.17. The van der Waals surface area contributed by atoms with Crippen LogP contribution in [0.25, 0.3) is 0 Å². The van der Waals surface area contributed by atoms with Gasteiger partial charge in [-0.25, -0.2) is 13.1 Å². The number of hydrogen-bond donors (Lipinski definition) is 2. The monoisotopic (exact) mass is 308 g/mol. The van der Waals surface area contributed by atoms with Crippen molar-refractivity contribution in [3.8, 4) is 0 Å². The molecule has 0 fully saturated rings. The van der Waals surface area contributed by atoms with E-state index in [1.807, 2.05) is 26.1 Å². The summed E-state index contributed by atoms with van der Waals surface area (Å²) in [7, 11) is -1.70. The zero-order valence-electron chi connectivity index (χ0n) is 12.2. The zero-order valence-corrected chi connectivity index (χ0v) is 13.0. The molecule has 0 saturated carbocycles. The van der Waals surface area contributed by atoms with Gasteiger partial charge in [0.05, 0.1) is 11.2 Å². The lowest BCUT2D eigenvalue weighted by Gasteiger charge is -2.13. The Morgan fingerprint density at radius 2 is 2.05 bits per heavy atom. The molecule has 1 aromatic heterocycles. The first-order valence-corrected chi connectivity index (χ1v) is 8.28. The van der Waals surface area contributed by atoms with Crippen LogP contribution in [0.5, 0.6) is 0 Å². The van der Waals surface area contributed by atoms with E-state index in [2.05, 4.69) is 10.0 Å². The highest BCUT2D eigenvalue weighted by Gasteiger charge is 2.18. The van der Waals surface area contributed by atoms with E-state index < -0.39 is 10.0 Å². The van der Waals surface area contributed by atoms with Gasteiger partial charge in [0, 0.05) is 19.0 Å². The van der Waals surface area contributed by atoms with Crippen molar-refractivity contribution in [1.29, 1.82) is 0 Å². The number of rotatable bonds is 7. The van der Waals surface area contributed by atoms with Gasteiger partial charge >= 0.3 is 0 Å². The minimum absolute atomic E-state index is 0.242. The summed E-state index contributed by atoms with van der Waals surface area (Å²) in [6, 6.07) is 10.3. The van der Waals surface area contributed by atoms with Gasteiger partial charge in [-0.1, -0.05) is 12.1 Å². The minimum atomic E-state index is -3.52. The smallest absolute Gasteiger partial charge is 0.240 e. The Morgan fingerprint density at radius 3 is 2.71 bits per heavy atom. The fourth-order valence-electron chi connectivity index (χ4n) is 2.13. The maximum atomic E-state index is 12.4. The van der Waals surface area contributed by atoms with Crippen molar-refractivity contribution in [2.24, 2.45) is 0 Å². The molecule has 1 aromatic carbocycles. The molecule has 2 rings (SSSR count). The predicted molar refractivity (Wildman–Crippen MR) is 81.4 cm³/mol. The second-order valence-corrected chi connectivity index (χ2v) is 6.70. The largest absolute Gasteiger partial charge is 0.469 e. The summed E-state index contributed by atoms with van der Waals surface area (Å²) in [5.74, 6) is 0.758. The van der Waals surface area contributed by atoms with Crippen LogP contribution in [0.15, 0.2) is 52.0 Å². The lowest BCUT2D eigenvalue weighted by atomic mass is 10.2. The summed E-state index contributed by atoms with van der Waals surface area (Å²) in [6.07, 6.45) is 2.10. The van der Waals surface area contributed by atoms with Gasteiger partial charge in [-0.15, -0.1) is 0 Å². The number of nitrogens with one attached hydrogen (secondary N) is 2. The highest BCUT2D eigenvalue weighted by atomic mass is 32.2. The van der Waals surface area contributed by atoms with Crippen LogP contribution >= 0.6 is 0 Å². The lowest BCUT2D eigenvalue weighted by molar-refractivity contribution is 0.479. The van der Waals surface area contributed by atoms with Crippen molar-refractivity contribution in [2.45, 2.75) is 30.8 Å². The molecule has 2 aromatic rings. The van der Waals surface area contributed by atoms with Gasteiger partial charge in [0.2, 0.25) is 10.0 Å². The fraction of sp³-hybridized carbons (Fsp3) is 0.333. The van der Waals surface area contributed by atoms with Gasteiger partial charge in [-0.2, -0.15) is 0 Å². The van der Waals surface area contributed by atoms with Crippen LogP contribution in [0.2, 0.25) is 0 Å². The number of furan rings is 1. The van der Waals surface area contributed by atoms with E-state index in [4.69, 9.17) is 4.42 Å². The zero-order chi connectivity index (χ0) is 15.3. The Balaban J connectivity index is 2.08. The SMILES string of the molecule is CNCc1cccc(S(=O)(=O)NC(C)Cc2ccco2)c1. The highest BCUT2D eigenvalue weighted by Crippen LogP contribution is 2.13. The van der Waals surface area contributed by atoms with Crippen LogP contribution in [0.1, 0.15) is 18.2 Å². The third-order valence-electron chi connectivity index (χ3n) is 3.03. The molecular weight excluding hydrogens is 288 g/mol. The molecule has 21 heavy (non-hydrogen) atoms. The van der Waals surface area contributed by atoms with Crippen LogP contribution in [0.4, 0.5) is 0 Å². The standard InChI is InChI=1S/C15H20N2O3S/c1-12(9-14-6-4-8-20-14)17-21(18,19)15-7-3-5-13(10-15)11-16-2/h3-8,10,12,16-17H,9,11H2,1-2H3. The van der Waals surface area contributed by atoms with Crippen molar-refractivity contribution in [1.82, 2.24) is 10.0 Å². The first kappa shape index (κ1) is 15.8. The first-order chi connectivity index (χ1) is 10.0. The summed E-state index contributed by atoms with van der Waals surface area (Å²) in [5, 5.41) is 3.01. The van der Waals surface area contributed by atoms with Gasteiger partial charge in [0.1, 0.15) is 5.76 Å². The van der Waals surface area contributed by atoms with Crippen molar-refractivity contribution in [2.75, 3.05) is 7.05 Å². The topological polar surface area (TPSA) is 71.3 Å². The van der Waals surface area contributed by atoms with Gasteiger partial charge in [-0.05, 0) is 43.8 Å². The van der Waals surface area contributed by atoms with Gasteiger partial charge in [0.25, 0.3) is 0 Å². The fourth-order valence-corrected chi connectivity index (χ4v) is 3.45. The summed E-state index contributed by atoms with van der Waals surface area (Å²) in [5.41, 5.74) is 0.930. The summed E-state index contributed by atoms with van der Waals surface area (Å²) in [6.45, 7) is 2.45. The average Bonchev–Trinajstić information content (AvgIpc) is 2.91. The maximum Gasteiger partial charge on any atom is 0.240 e. The van der Waals surface area contributed by atoms with Crippen molar-refractivity contribution < 1.29 is 12.8 Å². The van der Waals surface area contributed by atoms with E-state index in [9.17, 15) is 8.42 Å². The van der Waals surface area contributed by atoms with Crippen LogP contribution in [-0.2, 0) is 23.0 Å². The normalized spacial score (nSPS) is 13.2. The Hall–Kier alpha value is -1.63. The van der Waals surface area contributed by atoms with E-state index in [-0.39, 0.29) is 10.9 Å². The molecule has 0 saturated heterocycles. The molecule has 0 spiro atoms. The second-order valence-electron chi connectivity index (χ2n) is 4.98. The average molecular weight is 308 g/mol. The molecule has 0 amide bonds. The minimum Gasteiger partial charge on any atom is -0.469 e. The van der Waals surface area contributed by atoms with E-state index >= 15 is 0 Å². The van der Waals surface area contributed by atoms with E-state index in [0.717, 1.165) is 11.3 Å². The van der Waals surface area contributed by atoms with Crippen molar-refractivity contribution in [3.05, 3.63) is 54.0 Å². The first-order valence-electron chi connectivity index (χ1n) is 6.79. The molecule has 1 unspecified atom stereocenters. The molecule has 6 heteroatoms. The molecule has 1 atom stereocenters. The highest BCUT2D eigenvalue weighted by molar-refractivity contribution is 7.89. The molecule has 0 aliphatic carbocycles. The molecule has 0 radical (unpaired) electrons. The van der Waals surface area contributed by atoms with Gasteiger partial charge in [-0.3, -0.25) is 0 Å². The number of sulfonamides is 1. The molecule has 2 N–H and O–H groups in total. The Morgan fingerprint density at radius 1 is 1.24 bits per heavy atom. The Labute approximate surface area is 125 Å². The van der Waals surface area contributed by atoms with E-state index in [1.54, 1.807) is 30.5 Å². The molecule has 0 bridgehead atoms. The Bertz CT molecular complexity index is 666.